The van der Waals surface area contributed by atoms with Gasteiger partial charge in [0.25, 0.3) is 0 Å². The average Bonchev–Trinajstić information content (AvgIpc) is 2.80. The van der Waals surface area contributed by atoms with E-state index in [9.17, 15) is 4.39 Å². The third-order valence-electron chi connectivity index (χ3n) is 2.82. The molecule has 0 aliphatic carbocycles. The van der Waals surface area contributed by atoms with Crippen LogP contribution in [0.3, 0.4) is 0 Å². The van der Waals surface area contributed by atoms with Crippen LogP contribution < -0.4 is 5.32 Å². The lowest BCUT2D eigenvalue weighted by Crippen LogP contribution is -2.22. The first-order valence-electron chi connectivity index (χ1n) is 6.02. The van der Waals surface area contributed by atoms with E-state index in [1.165, 1.54) is 17.4 Å². The van der Waals surface area contributed by atoms with Crippen molar-refractivity contribution in [1.82, 2.24) is 5.32 Å². The zero-order chi connectivity index (χ0) is 13.8. The maximum atomic E-state index is 13.8. The molecule has 0 amide bonds. The van der Waals surface area contributed by atoms with Gasteiger partial charge in [-0.3, -0.25) is 0 Å². The molecule has 0 aliphatic heterocycles. The molecular weight excluding hydrogens is 304 g/mol. The number of benzene rings is 1. The van der Waals surface area contributed by atoms with E-state index in [4.69, 9.17) is 23.2 Å². The van der Waals surface area contributed by atoms with Crippen LogP contribution in [0.4, 0.5) is 4.39 Å². The second kappa shape index (κ2) is 6.71. The Balaban J connectivity index is 2.23. The number of thiophene rings is 1. The van der Waals surface area contributed by atoms with Crippen LogP contribution in [0, 0.1) is 5.82 Å². The van der Waals surface area contributed by atoms with Gasteiger partial charge >= 0.3 is 0 Å². The molecule has 102 valence electrons. The molecule has 1 aromatic heterocycles. The minimum atomic E-state index is -0.227. The number of nitrogens with one attached hydrogen (secondary N) is 1. The molecule has 1 unspecified atom stereocenters. The van der Waals surface area contributed by atoms with Gasteiger partial charge in [0, 0.05) is 15.9 Å². The number of rotatable bonds is 5. The SMILES string of the molecule is CCNC(Cc1cc(Cl)ccc1F)c1ccc(Cl)s1. The number of halogens is 3. The van der Waals surface area contributed by atoms with E-state index < -0.39 is 0 Å². The van der Waals surface area contributed by atoms with Gasteiger partial charge in [-0.25, -0.2) is 4.39 Å². The van der Waals surface area contributed by atoms with Gasteiger partial charge in [-0.05, 0) is 48.9 Å². The molecule has 19 heavy (non-hydrogen) atoms. The van der Waals surface area contributed by atoms with Crippen LogP contribution in [0.5, 0.6) is 0 Å². The van der Waals surface area contributed by atoms with E-state index in [0.717, 1.165) is 15.8 Å². The number of likely N-dealkylation sites (N-methyl/N-ethyl adjacent to an activating group) is 1. The standard InChI is InChI=1S/C14H14Cl2FNS/c1-2-18-12(13-5-6-14(16)19-13)8-9-7-10(15)3-4-11(9)17/h3-7,12,18H,2,8H2,1H3. The highest BCUT2D eigenvalue weighted by atomic mass is 35.5. The van der Waals surface area contributed by atoms with E-state index in [0.29, 0.717) is 17.0 Å². The lowest BCUT2D eigenvalue weighted by Gasteiger charge is -2.17. The average molecular weight is 318 g/mol. The summed E-state index contributed by atoms with van der Waals surface area (Å²) in [6, 6.07) is 8.53. The van der Waals surface area contributed by atoms with Crippen LogP contribution in [0.1, 0.15) is 23.4 Å². The van der Waals surface area contributed by atoms with Crippen LogP contribution in [0.15, 0.2) is 30.3 Å². The predicted octanol–water partition coefficient (Wildman–Crippen LogP) is 5.09. The summed E-state index contributed by atoms with van der Waals surface area (Å²) in [5.74, 6) is -0.227. The zero-order valence-electron chi connectivity index (χ0n) is 10.4. The van der Waals surface area contributed by atoms with Crippen LogP contribution in [-0.4, -0.2) is 6.54 Å². The predicted molar refractivity (Wildman–Crippen MR) is 80.9 cm³/mol. The lowest BCUT2D eigenvalue weighted by atomic mass is 10.0. The van der Waals surface area contributed by atoms with Gasteiger partial charge in [-0.15, -0.1) is 11.3 Å². The minimum absolute atomic E-state index is 0.0514. The van der Waals surface area contributed by atoms with Crippen LogP contribution in [0.2, 0.25) is 9.36 Å². The van der Waals surface area contributed by atoms with Crippen molar-refractivity contribution in [2.75, 3.05) is 6.54 Å². The lowest BCUT2D eigenvalue weighted by molar-refractivity contribution is 0.534. The Morgan fingerprint density at radius 3 is 2.68 bits per heavy atom. The highest BCUT2D eigenvalue weighted by Gasteiger charge is 2.16. The van der Waals surface area contributed by atoms with Crippen molar-refractivity contribution in [2.45, 2.75) is 19.4 Å². The fourth-order valence-corrected chi connectivity index (χ4v) is 3.29. The van der Waals surface area contributed by atoms with E-state index in [1.54, 1.807) is 12.1 Å². The van der Waals surface area contributed by atoms with Gasteiger partial charge in [-0.2, -0.15) is 0 Å². The fourth-order valence-electron chi connectivity index (χ4n) is 1.95. The quantitative estimate of drug-likeness (QED) is 0.810. The molecular formula is C14H14Cl2FNS. The van der Waals surface area contributed by atoms with Gasteiger partial charge in [0.15, 0.2) is 0 Å². The largest absolute Gasteiger partial charge is 0.309 e. The summed E-state index contributed by atoms with van der Waals surface area (Å²) in [5.41, 5.74) is 0.614. The molecule has 0 radical (unpaired) electrons. The molecule has 0 fully saturated rings. The minimum Gasteiger partial charge on any atom is -0.309 e. The maximum Gasteiger partial charge on any atom is 0.126 e. The smallest absolute Gasteiger partial charge is 0.126 e. The number of hydrogen-bond acceptors (Lipinski definition) is 2. The van der Waals surface area contributed by atoms with Crippen molar-refractivity contribution in [1.29, 1.82) is 0 Å². The highest BCUT2D eigenvalue weighted by molar-refractivity contribution is 7.16. The topological polar surface area (TPSA) is 12.0 Å². The van der Waals surface area contributed by atoms with Crippen molar-refractivity contribution < 1.29 is 4.39 Å². The molecule has 5 heteroatoms. The first-order valence-corrected chi connectivity index (χ1v) is 7.60. The van der Waals surface area contributed by atoms with Gasteiger partial charge < -0.3 is 5.32 Å². The molecule has 2 rings (SSSR count). The van der Waals surface area contributed by atoms with Crippen LogP contribution in [0.25, 0.3) is 0 Å². The molecule has 1 nitrogen and oxygen atoms in total. The van der Waals surface area contributed by atoms with Gasteiger partial charge in [0.2, 0.25) is 0 Å². The molecule has 1 atom stereocenters. The third kappa shape index (κ3) is 3.93. The highest BCUT2D eigenvalue weighted by Crippen LogP contribution is 2.30. The Morgan fingerprint density at radius 1 is 1.26 bits per heavy atom. The molecule has 0 aliphatic rings. The molecule has 0 spiro atoms. The van der Waals surface area contributed by atoms with Crippen LogP contribution >= 0.6 is 34.5 Å². The van der Waals surface area contributed by atoms with E-state index in [1.807, 2.05) is 19.1 Å². The summed E-state index contributed by atoms with van der Waals surface area (Å²) in [4.78, 5) is 1.10. The second-order valence-electron chi connectivity index (χ2n) is 4.19. The summed E-state index contributed by atoms with van der Waals surface area (Å²) < 4.78 is 14.5. The van der Waals surface area contributed by atoms with Crippen molar-refractivity contribution >= 4 is 34.5 Å². The van der Waals surface area contributed by atoms with Crippen LogP contribution in [-0.2, 0) is 6.42 Å². The van der Waals surface area contributed by atoms with E-state index >= 15 is 0 Å². The van der Waals surface area contributed by atoms with Crippen molar-refractivity contribution in [3.05, 3.63) is 55.9 Å². The molecule has 0 saturated carbocycles. The summed E-state index contributed by atoms with van der Waals surface area (Å²) in [6.45, 7) is 2.83. The Labute approximate surface area is 126 Å². The van der Waals surface area contributed by atoms with Crippen molar-refractivity contribution in [2.24, 2.45) is 0 Å². The van der Waals surface area contributed by atoms with Crippen molar-refractivity contribution in [3.8, 4) is 0 Å². The molecule has 1 N–H and O–H groups in total. The Hall–Kier alpha value is -0.610. The van der Waals surface area contributed by atoms with Gasteiger partial charge in [0.05, 0.1) is 4.34 Å². The summed E-state index contributed by atoms with van der Waals surface area (Å²) in [6.07, 6.45) is 0.553. The summed E-state index contributed by atoms with van der Waals surface area (Å²) in [7, 11) is 0. The first-order chi connectivity index (χ1) is 9.10. The molecule has 2 aromatic rings. The first kappa shape index (κ1) is 14.8. The Bertz CT molecular complexity index is 556. The van der Waals surface area contributed by atoms with E-state index in [-0.39, 0.29) is 11.9 Å². The molecule has 1 aromatic carbocycles. The monoisotopic (exact) mass is 317 g/mol. The molecule has 1 heterocycles. The van der Waals surface area contributed by atoms with Gasteiger partial charge in [0.1, 0.15) is 5.82 Å². The second-order valence-corrected chi connectivity index (χ2v) is 6.38. The van der Waals surface area contributed by atoms with Gasteiger partial charge in [-0.1, -0.05) is 30.1 Å². The Kier molecular flexibility index (Phi) is 5.22. The Morgan fingerprint density at radius 2 is 2.05 bits per heavy atom. The fraction of sp³-hybridized carbons (Fsp3) is 0.286. The zero-order valence-corrected chi connectivity index (χ0v) is 12.7. The van der Waals surface area contributed by atoms with E-state index in [2.05, 4.69) is 5.32 Å². The van der Waals surface area contributed by atoms with Crippen molar-refractivity contribution in [3.63, 3.8) is 0 Å². The summed E-state index contributed by atoms with van der Waals surface area (Å²) >= 11 is 13.4. The number of hydrogen-bond donors (Lipinski definition) is 1. The maximum absolute atomic E-state index is 13.8. The third-order valence-corrected chi connectivity index (χ3v) is 4.40. The normalized spacial score (nSPS) is 12.6. The summed E-state index contributed by atoms with van der Waals surface area (Å²) in [5, 5.41) is 3.90. The molecule has 0 saturated heterocycles. The molecule has 0 bridgehead atoms.